The van der Waals surface area contributed by atoms with Crippen LogP contribution >= 0.6 is 0 Å². The van der Waals surface area contributed by atoms with Crippen LogP contribution in [0.2, 0.25) is 0 Å². The maximum absolute atomic E-state index is 12.9. The number of methoxy groups -OCH3 is 3. The predicted octanol–water partition coefficient (Wildman–Crippen LogP) is 3.41. The van der Waals surface area contributed by atoms with Gasteiger partial charge in [0.1, 0.15) is 6.04 Å². The molecule has 0 saturated heterocycles. The van der Waals surface area contributed by atoms with E-state index in [1.807, 2.05) is 45.0 Å². The highest BCUT2D eigenvalue weighted by Gasteiger charge is 2.26. The van der Waals surface area contributed by atoms with Crippen LogP contribution in [0.4, 0.5) is 5.69 Å². The normalized spacial score (nSPS) is 11.6. The van der Waals surface area contributed by atoms with E-state index in [1.54, 1.807) is 12.1 Å². The van der Waals surface area contributed by atoms with Crippen LogP contribution in [-0.4, -0.2) is 39.2 Å². The molecule has 0 fully saturated rings. The molecule has 0 unspecified atom stereocenters. The Labute approximate surface area is 171 Å². The van der Waals surface area contributed by atoms with Crippen molar-refractivity contribution in [1.29, 1.82) is 0 Å². The van der Waals surface area contributed by atoms with Crippen LogP contribution in [0.15, 0.2) is 36.4 Å². The molecule has 0 spiro atoms. The second kappa shape index (κ2) is 9.82. The van der Waals surface area contributed by atoms with Crippen LogP contribution in [0.3, 0.4) is 0 Å². The van der Waals surface area contributed by atoms with Crippen molar-refractivity contribution in [2.75, 3.05) is 26.6 Å². The van der Waals surface area contributed by atoms with Gasteiger partial charge in [-0.25, -0.2) is 0 Å². The zero-order valence-corrected chi connectivity index (χ0v) is 17.7. The van der Waals surface area contributed by atoms with Crippen molar-refractivity contribution in [3.8, 4) is 17.2 Å². The third-order valence-corrected chi connectivity index (χ3v) is 4.57. The lowest BCUT2D eigenvalue weighted by atomic mass is 10.0. The summed E-state index contributed by atoms with van der Waals surface area (Å²) in [7, 11) is 4.45. The molecule has 0 bridgehead atoms. The van der Waals surface area contributed by atoms with Crippen molar-refractivity contribution in [2.45, 2.75) is 26.8 Å². The molecule has 2 rings (SSSR count). The summed E-state index contributed by atoms with van der Waals surface area (Å²) in [5.41, 5.74) is 1.96. The molecule has 2 aromatic rings. The number of hydrogen-bond acceptors (Lipinski definition) is 5. The van der Waals surface area contributed by atoms with Crippen molar-refractivity contribution in [3.63, 3.8) is 0 Å². The molecule has 2 aromatic carbocycles. The van der Waals surface area contributed by atoms with Gasteiger partial charge < -0.3 is 24.8 Å². The number of carbonyl (C=O) groups is 2. The second-order valence-electron chi connectivity index (χ2n) is 6.91. The van der Waals surface area contributed by atoms with Crippen LogP contribution in [-0.2, 0) is 4.79 Å². The molecule has 1 atom stereocenters. The highest BCUT2D eigenvalue weighted by molar-refractivity contribution is 6.02. The van der Waals surface area contributed by atoms with E-state index >= 15 is 0 Å². The molecule has 156 valence electrons. The van der Waals surface area contributed by atoms with Gasteiger partial charge in [0.25, 0.3) is 5.91 Å². The molecule has 0 aliphatic carbocycles. The Morgan fingerprint density at radius 2 is 1.52 bits per heavy atom. The van der Waals surface area contributed by atoms with Crippen molar-refractivity contribution in [3.05, 3.63) is 47.5 Å². The summed E-state index contributed by atoms with van der Waals surface area (Å²) >= 11 is 0. The van der Waals surface area contributed by atoms with E-state index in [0.717, 1.165) is 5.56 Å². The molecular formula is C22H28N2O5. The third-order valence-electron chi connectivity index (χ3n) is 4.57. The molecule has 0 aliphatic heterocycles. The van der Waals surface area contributed by atoms with Gasteiger partial charge in [-0.15, -0.1) is 0 Å². The summed E-state index contributed by atoms with van der Waals surface area (Å²) in [6.07, 6.45) is 0. The number of rotatable bonds is 8. The van der Waals surface area contributed by atoms with Crippen LogP contribution in [0.25, 0.3) is 0 Å². The van der Waals surface area contributed by atoms with Gasteiger partial charge >= 0.3 is 0 Å². The van der Waals surface area contributed by atoms with Crippen molar-refractivity contribution in [1.82, 2.24) is 5.32 Å². The first-order valence-corrected chi connectivity index (χ1v) is 9.29. The highest BCUT2D eigenvalue weighted by atomic mass is 16.5. The maximum atomic E-state index is 12.9. The second-order valence-corrected chi connectivity index (χ2v) is 6.91. The van der Waals surface area contributed by atoms with E-state index < -0.39 is 11.9 Å². The van der Waals surface area contributed by atoms with Crippen LogP contribution < -0.4 is 24.8 Å². The predicted molar refractivity (Wildman–Crippen MR) is 112 cm³/mol. The summed E-state index contributed by atoms with van der Waals surface area (Å²) < 4.78 is 15.9. The van der Waals surface area contributed by atoms with Crippen LogP contribution in [0, 0.1) is 12.8 Å². The number of anilines is 1. The molecule has 29 heavy (non-hydrogen) atoms. The first-order valence-electron chi connectivity index (χ1n) is 9.29. The van der Waals surface area contributed by atoms with Gasteiger partial charge in [-0.2, -0.15) is 0 Å². The first-order chi connectivity index (χ1) is 13.8. The Balaban J connectivity index is 2.25. The number of aryl methyl sites for hydroxylation is 1. The van der Waals surface area contributed by atoms with Gasteiger partial charge in [-0.05, 0) is 36.6 Å². The van der Waals surface area contributed by atoms with E-state index in [2.05, 4.69) is 10.6 Å². The van der Waals surface area contributed by atoms with Gasteiger partial charge in [0.05, 0.1) is 21.3 Å². The molecule has 2 N–H and O–H groups in total. The minimum atomic E-state index is -0.721. The number of nitrogens with one attached hydrogen (secondary N) is 2. The van der Waals surface area contributed by atoms with Gasteiger partial charge in [0.2, 0.25) is 11.7 Å². The Hall–Kier alpha value is -3.22. The molecule has 0 aliphatic rings. The summed E-state index contributed by atoms with van der Waals surface area (Å²) in [6.45, 7) is 5.66. The average molecular weight is 400 g/mol. The van der Waals surface area contributed by atoms with E-state index in [4.69, 9.17) is 14.2 Å². The van der Waals surface area contributed by atoms with E-state index in [9.17, 15) is 9.59 Å². The first kappa shape index (κ1) is 22.1. The van der Waals surface area contributed by atoms with E-state index in [-0.39, 0.29) is 11.8 Å². The van der Waals surface area contributed by atoms with Crippen molar-refractivity contribution in [2.24, 2.45) is 5.92 Å². The topological polar surface area (TPSA) is 85.9 Å². The average Bonchev–Trinajstić information content (AvgIpc) is 2.71. The zero-order chi connectivity index (χ0) is 21.6. The van der Waals surface area contributed by atoms with Gasteiger partial charge in [-0.3, -0.25) is 9.59 Å². The number of para-hydroxylation sites is 1. The minimum Gasteiger partial charge on any atom is -0.493 e. The monoisotopic (exact) mass is 400 g/mol. The van der Waals surface area contributed by atoms with Crippen LogP contribution in [0.5, 0.6) is 17.2 Å². The number of carbonyl (C=O) groups excluding carboxylic acids is 2. The van der Waals surface area contributed by atoms with Crippen molar-refractivity contribution < 1.29 is 23.8 Å². The fraction of sp³-hybridized carbons (Fsp3) is 0.364. The summed E-state index contributed by atoms with van der Waals surface area (Å²) in [6, 6.07) is 9.86. The lowest BCUT2D eigenvalue weighted by Gasteiger charge is -2.23. The maximum Gasteiger partial charge on any atom is 0.252 e. The fourth-order valence-corrected chi connectivity index (χ4v) is 2.90. The van der Waals surface area contributed by atoms with Gasteiger partial charge in [0.15, 0.2) is 11.5 Å². The molecule has 0 saturated carbocycles. The third kappa shape index (κ3) is 5.19. The van der Waals surface area contributed by atoms with E-state index in [0.29, 0.717) is 28.5 Å². The number of amides is 2. The van der Waals surface area contributed by atoms with Gasteiger partial charge in [0, 0.05) is 11.3 Å². The van der Waals surface area contributed by atoms with Crippen molar-refractivity contribution >= 4 is 17.5 Å². The Morgan fingerprint density at radius 3 is 2.00 bits per heavy atom. The molecular weight excluding hydrogens is 372 g/mol. The quantitative estimate of drug-likeness (QED) is 0.709. The zero-order valence-electron chi connectivity index (χ0n) is 17.7. The largest absolute Gasteiger partial charge is 0.493 e. The minimum absolute atomic E-state index is 0.120. The molecule has 0 radical (unpaired) electrons. The van der Waals surface area contributed by atoms with E-state index in [1.165, 1.54) is 21.3 Å². The highest BCUT2D eigenvalue weighted by Crippen LogP contribution is 2.38. The standard InChI is InChI=1S/C22H28N2O5/c1-13(2)19(22(26)23-16-10-8-7-9-14(16)3)24-21(25)15-11-17(27-4)20(29-6)18(12-15)28-5/h7-13,19H,1-6H3,(H,23,26)(H,24,25)/t19-/m0/s1. The molecule has 2 amide bonds. The lowest BCUT2D eigenvalue weighted by Crippen LogP contribution is -2.47. The summed E-state index contributed by atoms with van der Waals surface area (Å²) in [4.78, 5) is 25.7. The Kier molecular flexibility index (Phi) is 7.47. The van der Waals surface area contributed by atoms with Gasteiger partial charge in [-0.1, -0.05) is 32.0 Å². The Morgan fingerprint density at radius 1 is 0.931 bits per heavy atom. The lowest BCUT2D eigenvalue weighted by molar-refractivity contribution is -0.118. The number of benzene rings is 2. The Bertz CT molecular complexity index is 854. The SMILES string of the molecule is COc1cc(C(=O)N[C@H](C(=O)Nc2ccccc2C)C(C)C)cc(OC)c1OC. The smallest absolute Gasteiger partial charge is 0.252 e. The molecule has 7 heteroatoms. The van der Waals surface area contributed by atoms with Crippen LogP contribution in [0.1, 0.15) is 29.8 Å². The number of hydrogen-bond donors (Lipinski definition) is 2. The molecule has 7 nitrogen and oxygen atoms in total. The fourth-order valence-electron chi connectivity index (χ4n) is 2.90. The molecule has 0 aromatic heterocycles. The molecule has 0 heterocycles. The summed E-state index contributed by atoms with van der Waals surface area (Å²) in [5.74, 6) is 0.303. The number of ether oxygens (including phenoxy) is 3. The summed E-state index contributed by atoms with van der Waals surface area (Å²) in [5, 5.41) is 5.70.